The maximum atomic E-state index is 10.6. The number of benzene rings is 1. The smallest absolute Gasteiger partial charge is 0.150 e. The van der Waals surface area contributed by atoms with Gasteiger partial charge in [0.15, 0.2) is 0 Å². The molecule has 1 saturated carbocycles. The van der Waals surface area contributed by atoms with E-state index in [1.54, 1.807) is 12.1 Å². The van der Waals surface area contributed by atoms with E-state index in [0.29, 0.717) is 5.56 Å². The van der Waals surface area contributed by atoms with Gasteiger partial charge in [0, 0.05) is 25.2 Å². The fourth-order valence-corrected chi connectivity index (χ4v) is 3.64. The van der Waals surface area contributed by atoms with Crippen LogP contribution in [-0.2, 0) is 0 Å². The van der Waals surface area contributed by atoms with Crippen molar-refractivity contribution in [1.82, 2.24) is 4.90 Å². The predicted octanol–water partition coefficient (Wildman–Crippen LogP) is 3.00. The number of likely N-dealkylation sites (tertiary alicyclic amines) is 1. The number of aldehydes is 1. The fourth-order valence-electron chi connectivity index (χ4n) is 3.64. The second kappa shape index (κ2) is 6.40. The largest absolute Gasteiger partial charge is 0.494 e. The lowest BCUT2D eigenvalue weighted by atomic mass is 10.0. The molecular formula is C17H23NO2. The minimum Gasteiger partial charge on any atom is -0.494 e. The van der Waals surface area contributed by atoms with Crippen LogP contribution in [-0.4, -0.2) is 37.4 Å². The SMILES string of the molecule is O=Cc1ccc(OCCCN2CC3CCCC3C2)cc1. The molecule has 20 heavy (non-hydrogen) atoms. The van der Waals surface area contributed by atoms with E-state index in [-0.39, 0.29) is 0 Å². The van der Waals surface area contributed by atoms with Crippen LogP contribution in [0.2, 0.25) is 0 Å². The second-order valence-corrected chi connectivity index (χ2v) is 6.10. The van der Waals surface area contributed by atoms with E-state index in [4.69, 9.17) is 4.74 Å². The molecule has 0 amide bonds. The molecule has 0 N–H and O–H groups in total. The summed E-state index contributed by atoms with van der Waals surface area (Å²) >= 11 is 0. The molecule has 1 aliphatic heterocycles. The number of nitrogens with zero attached hydrogens (tertiary/aromatic N) is 1. The summed E-state index contributed by atoms with van der Waals surface area (Å²) in [6.45, 7) is 4.52. The van der Waals surface area contributed by atoms with Gasteiger partial charge in [0.25, 0.3) is 0 Å². The summed E-state index contributed by atoms with van der Waals surface area (Å²) < 4.78 is 5.72. The Morgan fingerprint density at radius 3 is 2.50 bits per heavy atom. The van der Waals surface area contributed by atoms with E-state index in [9.17, 15) is 4.79 Å². The molecule has 0 spiro atoms. The predicted molar refractivity (Wildman–Crippen MR) is 79.2 cm³/mol. The highest BCUT2D eigenvalue weighted by Crippen LogP contribution is 2.37. The van der Waals surface area contributed by atoms with Crippen LogP contribution in [0, 0.1) is 11.8 Å². The third-order valence-corrected chi connectivity index (χ3v) is 4.71. The zero-order valence-corrected chi connectivity index (χ0v) is 12.0. The van der Waals surface area contributed by atoms with E-state index < -0.39 is 0 Å². The highest BCUT2D eigenvalue weighted by atomic mass is 16.5. The molecule has 0 radical (unpaired) electrons. The quantitative estimate of drug-likeness (QED) is 0.589. The molecule has 1 aromatic carbocycles. The Morgan fingerprint density at radius 1 is 1.15 bits per heavy atom. The molecule has 3 rings (SSSR count). The van der Waals surface area contributed by atoms with Gasteiger partial charge in [0.1, 0.15) is 12.0 Å². The Balaban J connectivity index is 1.35. The van der Waals surface area contributed by atoms with Gasteiger partial charge in [-0.1, -0.05) is 6.42 Å². The molecule has 1 aliphatic carbocycles. The van der Waals surface area contributed by atoms with Crippen molar-refractivity contribution in [1.29, 1.82) is 0 Å². The van der Waals surface area contributed by atoms with E-state index >= 15 is 0 Å². The molecule has 3 nitrogen and oxygen atoms in total. The van der Waals surface area contributed by atoms with Crippen molar-refractivity contribution in [2.75, 3.05) is 26.2 Å². The lowest BCUT2D eigenvalue weighted by molar-refractivity contribution is 0.112. The van der Waals surface area contributed by atoms with Crippen LogP contribution in [0.25, 0.3) is 0 Å². The summed E-state index contributed by atoms with van der Waals surface area (Å²) in [4.78, 5) is 13.2. The normalized spacial score (nSPS) is 25.6. The molecule has 1 saturated heterocycles. The van der Waals surface area contributed by atoms with E-state index in [1.165, 1.54) is 32.4 Å². The number of ether oxygens (including phenoxy) is 1. The first-order valence-corrected chi connectivity index (χ1v) is 7.75. The highest BCUT2D eigenvalue weighted by Gasteiger charge is 2.35. The first kappa shape index (κ1) is 13.6. The van der Waals surface area contributed by atoms with Crippen molar-refractivity contribution < 1.29 is 9.53 Å². The third kappa shape index (κ3) is 3.21. The number of fused-ring (bicyclic) bond motifs is 1. The van der Waals surface area contributed by atoms with Crippen molar-refractivity contribution in [2.45, 2.75) is 25.7 Å². The van der Waals surface area contributed by atoms with Gasteiger partial charge in [-0.25, -0.2) is 0 Å². The van der Waals surface area contributed by atoms with Crippen molar-refractivity contribution in [3.05, 3.63) is 29.8 Å². The summed E-state index contributed by atoms with van der Waals surface area (Å²) in [5.41, 5.74) is 0.695. The van der Waals surface area contributed by atoms with Crippen LogP contribution in [0.3, 0.4) is 0 Å². The summed E-state index contributed by atoms with van der Waals surface area (Å²) in [5.74, 6) is 2.81. The Morgan fingerprint density at radius 2 is 1.85 bits per heavy atom. The summed E-state index contributed by atoms with van der Waals surface area (Å²) in [5, 5.41) is 0. The zero-order valence-electron chi connectivity index (χ0n) is 12.0. The first-order valence-electron chi connectivity index (χ1n) is 7.75. The maximum Gasteiger partial charge on any atom is 0.150 e. The van der Waals surface area contributed by atoms with E-state index in [0.717, 1.165) is 43.4 Å². The average molecular weight is 273 g/mol. The highest BCUT2D eigenvalue weighted by molar-refractivity contribution is 5.74. The average Bonchev–Trinajstić information content (AvgIpc) is 3.05. The van der Waals surface area contributed by atoms with Crippen molar-refractivity contribution >= 4 is 6.29 Å². The molecule has 2 unspecified atom stereocenters. The molecule has 3 heteroatoms. The topological polar surface area (TPSA) is 29.5 Å². The van der Waals surface area contributed by atoms with Gasteiger partial charge in [0.2, 0.25) is 0 Å². The van der Waals surface area contributed by atoms with Gasteiger partial charge >= 0.3 is 0 Å². The third-order valence-electron chi connectivity index (χ3n) is 4.71. The molecule has 2 aliphatic rings. The van der Waals surface area contributed by atoms with E-state index in [1.807, 2.05) is 12.1 Å². The Bertz CT molecular complexity index is 431. The minimum absolute atomic E-state index is 0.695. The van der Waals surface area contributed by atoms with Gasteiger partial charge in [-0.15, -0.1) is 0 Å². The van der Waals surface area contributed by atoms with E-state index in [2.05, 4.69) is 4.90 Å². The number of carbonyl (C=O) groups excluding carboxylic acids is 1. The van der Waals surface area contributed by atoms with Crippen molar-refractivity contribution in [3.8, 4) is 5.75 Å². The number of carbonyl (C=O) groups is 1. The summed E-state index contributed by atoms with van der Waals surface area (Å²) in [6.07, 6.45) is 6.27. The van der Waals surface area contributed by atoms with Crippen LogP contribution in [0.1, 0.15) is 36.0 Å². The standard InChI is InChI=1S/C17H23NO2/c19-13-14-5-7-17(8-6-14)20-10-2-9-18-11-15-3-1-4-16(15)12-18/h5-8,13,15-16H,1-4,9-12H2. The van der Waals surface area contributed by atoms with Crippen LogP contribution in [0.5, 0.6) is 5.75 Å². The first-order chi connectivity index (χ1) is 9.85. The lowest BCUT2D eigenvalue weighted by Gasteiger charge is -2.16. The van der Waals surface area contributed by atoms with Gasteiger partial charge in [0.05, 0.1) is 6.61 Å². The molecule has 1 heterocycles. The zero-order chi connectivity index (χ0) is 13.8. The molecular weight excluding hydrogens is 250 g/mol. The van der Waals surface area contributed by atoms with Crippen molar-refractivity contribution in [3.63, 3.8) is 0 Å². The second-order valence-electron chi connectivity index (χ2n) is 6.10. The Labute approximate surface area is 120 Å². The van der Waals surface area contributed by atoms with Crippen LogP contribution in [0.15, 0.2) is 24.3 Å². The maximum absolute atomic E-state index is 10.6. The molecule has 2 atom stereocenters. The number of rotatable bonds is 6. The molecule has 0 bridgehead atoms. The van der Waals surface area contributed by atoms with Gasteiger partial charge in [-0.3, -0.25) is 4.79 Å². The van der Waals surface area contributed by atoms with Crippen LogP contribution >= 0.6 is 0 Å². The summed E-state index contributed by atoms with van der Waals surface area (Å²) in [7, 11) is 0. The van der Waals surface area contributed by atoms with Crippen LogP contribution in [0.4, 0.5) is 0 Å². The monoisotopic (exact) mass is 273 g/mol. The lowest BCUT2D eigenvalue weighted by Crippen LogP contribution is -2.24. The number of hydrogen-bond acceptors (Lipinski definition) is 3. The van der Waals surface area contributed by atoms with Gasteiger partial charge in [-0.2, -0.15) is 0 Å². The Hall–Kier alpha value is -1.35. The fraction of sp³-hybridized carbons (Fsp3) is 0.588. The Kier molecular flexibility index (Phi) is 4.36. The van der Waals surface area contributed by atoms with Crippen molar-refractivity contribution in [2.24, 2.45) is 11.8 Å². The van der Waals surface area contributed by atoms with Crippen LogP contribution < -0.4 is 4.74 Å². The molecule has 108 valence electrons. The van der Waals surface area contributed by atoms with Gasteiger partial charge < -0.3 is 9.64 Å². The molecule has 2 fully saturated rings. The summed E-state index contributed by atoms with van der Waals surface area (Å²) in [6, 6.07) is 7.32. The minimum atomic E-state index is 0.695. The molecule has 1 aromatic rings. The number of hydrogen-bond donors (Lipinski definition) is 0. The van der Waals surface area contributed by atoms with Gasteiger partial charge in [-0.05, 0) is 55.4 Å². The molecule has 0 aromatic heterocycles.